The normalized spacial score (nSPS) is 16.1. The summed E-state index contributed by atoms with van der Waals surface area (Å²) in [5, 5.41) is 9.06. The second kappa shape index (κ2) is 13.0. The smallest absolute Gasteiger partial charge is 0.421 e. The molecule has 2 fully saturated rings. The Morgan fingerprint density at radius 2 is 1.48 bits per heavy atom. The van der Waals surface area contributed by atoms with E-state index in [0.29, 0.717) is 43.3 Å². The minimum Gasteiger partial charge on any atom is -0.494 e. The molecule has 3 heterocycles. The highest BCUT2D eigenvalue weighted by molar-refractivity contribution is 5.78. The summed E-state index contributed by atoms with van der Waals surface area (Å²) in [5.41, 5.74) is 2.61. The van der Waals surface area contributed by atoms with Crippen LogP contribution >= 0.6 is 0 Å². The van der Waals surface area contributed by atoms with Gasteiger partial charge in [-0.25, -0.2) is 4.98 Å². The molecule has 2 saturated heterocycles. The van der Waals surface area contributed by atoms with E-state index in [-0.39, 0.29) is 11.9 Å². The molecule has 11 nitrogen and oxygen atoms in total. The van der Waals surface area contributed by atoms with Crippen LogP contribution in [0.2, 0.25) is 0 Å². The van der Waals surface area contributed by atoms with Gasteiger partial charge in [-0.3, -0.25) is 4.79 Å². The summed E-state index contributed by atoms with van der Waals surface area (Å²) >= 11 is 0. The van der Waals surface area contributed by atoms with Crippen LogP contribution in [-0.4, -0.2) is 99.2 Å². The molecule has 3 aromatic rings. The van der Waals surface area contributed by atoms with E-state index in [1.54, 1.807) is 31.0 Å². The highest BCUT2D eigenvalue weighted by Crippen LogP contribution is 2.39. The molecule has 2 aliphatic heterocycles. The van der Waals surface area contributed by atoms with Gasteiger partial charge in [0, 0.05) is 90.0 Å². The summed E-state index contributed by atoms with van der Waals surface area (Å²) in [7, 11) is 5.34. The first kappa shape index (κ1) is 31.0. The van der Waals surface area contributed by atoms with Gasteiger partial charge in [-0.15, -0.1) is 0 Å². The zero-order valence-corrected chi connectivity index (χ0v) is 25.3. The molecule has 3 N–H and O–H groups in total. The number of alkyl halides is 3. The SMILES string of the molecule is CNc1cc(N2CCN(C)CC2)ccc1Nc1ncc(C(F)(F)F)c(Nc2ccc(N3CCN(C(C)=O)CC3)cc2OC)n1. The molecule has 0 spiro atoms. The van der Waals surface area contributed by atoms with Gasteiger partial charge in [-0.2, -0.15) is 18.2 Å². The average molecular weight is 614 g/mol. The maximum absolute atomic E-state index is 14.0. The van der Waals surface area contributed by atoms with Gasteiger partial charge in [0.05, 0.1) is 24.2 Å². The van der Waals surface area contributed by atoms with Crippen LogP contribution in [0, 0.1) is 0 Å². The zero-order chi connectivity index (χ0) is 31.4. The monoisotopic (exact) mass is 613 g/mol. The summed E-state index contributed by atoms with van der Waals surface area (Å²) in [6.45, 7) is 7.76. The predicted octanol–water partition coefficient (Wildman–Crippen LogP) is 4.45. The van der Waals surface area contributed by atoms with E-state index in [0.717, 1.165) is 49.4 Å². The van der Waals surface area contributed by atoms with Crippen LogP contribution in [0.15, 0.2) is 42.6 Å². The molecule has 236 valence electrons. The number of ether oxygens (including phenoxy) is 1. The van der Waals surface area contributed by atoms with Gasteiger partial charge in [0.25, 0.3) is 0 Å². The maximum Gasteiger partial charge on any atom is 0.421 e. The topological polar surface area (TPSA) is 101 Å². The van der Waals surface area contributed by atoms with Gasteiger partial charge in [0.15, 0.2) is 0 Å². The number of amides is 1. The molecule has 1 amide bonds. The van der Waals surface area contributed by atoms with E-state index in [9.17, 15) is 18.0 Å². The number of benzene rings is 2. The van der Waals surface area contributed by atoms with Crippen molar-refractivity contribution in [3.63, 3.8) is 0 Å². The number of nitrogens with zero attached hydrogens (tertiary/aromatic N) is 6. The Morgan fingerprint density at radius 1 is 0.864 bits per heavy atom. The van der Waals surface area contributed by atoms with Crippen molar-refractivity contribution < 1.29 is 22.7 Å². The van der Waals surface area contributed by atoms with E-state index in [2.05, 4.69) is 47.7 Å². The molecule has 0 unspecified atom stereocenters. The molecule has 0 atom stereocenters. The number of piperazine rings is 2. The third kappa shape index (κ3) is 7.01. The second-order valence-corrected chi connectivity index (χ2v) is 10.9. The van der Waals surface area contributed by atoms with Crippen LogP contribution in [0.1, 0.15) is 12.5 Å². The number of methoxy groups -OCH3 is 1. The minimum absolute atomic E-state index is 0.00303. The van der Waals surface area contributed by atoms with E-state index in [1.165, 1.54) is 7.11 Å². The van der Waals surface area contributed by atoms with Crippen LogP contribution in [0.25, 0.3) is 0 Å². The number of halogens is 3. The van der Waals surface area contributed by atoms with Crippen molar-refractivity contribution in [2.24, 2.45) is 0 Å². The Balaban J connectivity index is 1.38. The number of aromatic nitrogens is 2. The van der Waals surface area contributed by atoms with E-state index in [1.807, 2.05) is 24.3 Å². The highest BCUT2D eigenvalue weighted by atomic mass is 19.4. The number of likely N-dealkylation sites (N-methyl/N-ethyl adjacent to an activating group) is 1. The number of hydrogen-bond acceptors (Lipinski definition) is 10. The van der Waals surface area contributed by atoms with E-state index < -0.39 is 17.6 Å². The lowest BCUT2D eigenvalue weighted by molar-refractivity contribution is -0.137. The van der Waals surface area contributed by atoms with Crippen molar-refractivity contribution in [3.05, 3.63) is 48.2 Å². The molecule has 14 heteroatoms. The van der Waals surface area contributed by atoms with Gasteiger partial charge in [0.1, 0.15) is 17.1 Å². The Kier molecular flexibility index (Phi) is 9.18. The molecule has 44 heavy (non-hydrogen) atoms. The van der Waals surface area contributed by atoms with Crippen molar-refractivity contribution in [1.29, 1.82) is 0 Å². The quantitative estimate of drug-likeness (QED) is 0.338. The largest absolute Gasteiger partial charge is 0.494 e. The van der Waals surface area contributed by atoms with Crippen molar-refractivity contribution in [1.82, 2.24) is 19.8 Å². The van der Waals surface area contributed by atoms with Crippen molar-refractivity contribution in [2.45, 2.75) is 13.1 Å². The van der Waals surface area contributed by atoms with Crippen LogP contribution in [0.3, 0.4) is 0 Å². The van der Waals surface area contributed by atoms with Crippen molar-refractivity contribution in [3.8, 4) is 5.75 Å². The molecule has 0 bridgehead atoms. The average Bonchev–Trinajstić information content (AvgIpc) is 3.01. The number of carbonyl (C=O) groups excluding carboxylic acids is 1. The molecule has 0 radical (unpaired) electrons. The van der Waals surface area contributed by atoms with Gasteiger partial charge in [-0.1, -0.05) is 0 Å². The van der Waals surface area contributed by atoms with Gasteiger partial charge in [0.2, 0.25) is 11.9 Å². The predicted molar refractivity (Wildman–Crippen MR) is 167 cm³/mol. The Hall–Kier alpha value is -4.46. The zero-order valence-electron chi connectivity index (χ0n) is 25.3. The Bertz CT molecular complexity index is 1470. The van der Waals surface area contributed by atoms with Crippen LogP contribution in [0.4, 0.5) is 53.4 Å². The summed E-state index contributed by atoms with van der Waals surface area (Å²) in [4.78, 5) is 28.4. The lowest BCUT2D eigenvalue weighted by atomic mass is 10.2. The van der Waals surface area contributed by atoms with Gasteiger partial charge in [-0.05, 0) is 37.4 Å². The minimum atomic E-state index is -4.69. The van der Waals surface area contributed by atoms with E-state index in [4.69, 9.17) is 4.74 Å². The third-order valence-electron chi connectivity index (χ3n) is 8.01. The first-order chi connectivity index (χ1) is 21.0. The Labute approximate surface area is 255 Å². The molecule has 2 aromatic carbocycles. The second-order valence-electron chi connectivity index (χ2n) is 10.9. The number of nitrogens with one attached hydrogen (secondary N) is 3. The fraction of sp³-hybridized carbons (Fsp3) is 0.433. The third-order valence-corrected chi connectivity index (χ3v) is 8.01. The van der Waals surface area contributed by atoms with Gasteiger partial charge < -0.3 is 40.3 Å². The first-order valence-corrected chi connectivity index (χ1v) is 14.5. The Morgan fingerprint density at radius 3 is 2.07 bits per heavy atom. The fourth-order valence-electron chi connectivity index (χ4n) is 5.36. The van der Waals surface area contributed by atoms with E-state index >= 15 is 0 Å². The number of rotatable bonds is 8. The summed E-state index contributed by atoms with van der Waals surface area (Å²) < 4.78 is 47.6. The number of hydrogen-bond donors (Lipinski definition) is 3. The van der Waals surface area contributed by atoms with Crippen LogP contribution in [0.5, 0.6) is 5.75 Å². The maximum atomic E-state index is 14.0. The lowest BCUT2D eigenvalue weighted by Crippen LogP contribution is -2.48. The standard InChI is InChI=1S/C30H38F3N9O2/c1-20(43)40-13-15-42(16-14-40)22-6-8-25(27(18-22)44-4)36-28-23(30(31,32)33)19-35-29(38-28)37-24-7-5-21(17-26(24)34-2)41-11-9-39(3)10-12-41/h5-8,17-19,34H,9-16H2,1-4H3,(H2,35,36,37,38). The summed E-state index contributed by atoms with van der Waals surface area (Å²) in [5.74, 6) is -0.0139. The molecule has 5 rings (SSSR count). The molecular formula is C30H38F3N9O2. The number of carbonyl (C=O) groups is 1. The molecule has 0 aliphatic carbocycles. The molecule has 1 aromatic heterocycles. The number of anilines is 7. The first-order valence-electron chi connectivity index (χ1n) is 14.5. The van der Waals surface area contributed by atoms with Crippen molar-refractivity contribution >= 4 is 46.1 Å². The van der Waals surface area contributed by atoms with Crippen molar-refractivity contribution in [2.75, 3.05) is 99.3 Å². The van der Waals surface area contributed by atoms with Gasteiger partial charge >= 0.3 is 6.18 Å². The lowest BCUT2D eigenvalue weighted by Gasteiger charge is -2.35. The molecule has 0 saturated carbocycles. The van der Waals surface area contributed by atoms with Crippen LogP contribution in [-0.2, 0) is 11.0 Å². The fourth-order valence-corrected chi connectivity index (χ4v) is 5.36. The molecule has 2 aliphatic rings. The highest BCUT2D eigenvalue weighted by Gasteiger charge is 2.36. The summed E-state index contributed by atoms with van der Waals surface area (Å²) in [6, 6.07) is 11.1. The summed E-state index contributed by atoms with van der Waals surface area (Å²) in [6.07, 6.45) is -3.92. The molecular weight excluding hydrogens is 575 g/mol. The van der Waals surface area contributed by atoms with Crippen LogP contribution < -0.4 is 30.5 Å².